The van der Waals surface area contributed by atoms with E-state index in [4.69, 9.17) is 4.74 Å². The molecule has 0 amide bonds. The molecule has 27 heavy (non-hydrogen) atoms. The highest BCUT2D eigenvalue weighted by atomic mass is 16.5. The predicted molar refractivity (Wildman–Crippen MR) is 103 cm³/mol. The predicted octanol–water partition coefficient (Wildman–Crippen LogP) is 3.44. The summed E-state index contributed by atoms with van der Waals surface area (Å²) in [4.78, 5) is 12.9. The summed E-state index contributed by atoms with van der Waals surface area (Å²) in [5.74, 6) is 2.30. The molecule has 0 saturated heterocycles. The molecule has 138 valence electrons. The Hall–Kier alpha value is -2.82. The minimum Gasteiger partial charge on any atom is -0.490 e. The lowest BCUT2D eigenvalue weighted by atomic mass is 9.82. The topological polar surface area (TPSA) is 49.1 Å². The first-order chi connectivity index (χ1) is 13.3. The zero-order chi connectivity index (χ0) is 18.2. The van der Waals surface area contributed by atoms with E-state index < -0.39 is 0 Å². The Morgan fingerprint density at radius 3 is 2.44 bits per heavy atom. The Balaban J connectivity index is 1.25. The van der Waals surface area contributed by atoms with Gasteiger partial charge in [0.15, 0.2) is 0 Å². The molecule has 5 rings (SSSR count). The van der Waals surface area contributed by atoms with Crippen molar-refractivity contribution < 1.29 is 4.74 Å². The van der Waals surface area contributed by atoms with E-state index in [-0.39, 0.29) is 17.8 Å². The Kier molecular flexibility index (Phi) is 4.07. The molecule has 1 saturated carbocycles. The summed E-state index contributed by atoms with van der Waals surface area (Å²) in [6, 6.07) is 20.3. The van der Waals surface area contributed by atoms with Crippen LogP contribution in [0.3, 0.4) is 0 Å². The van der Waals surface area contributed by atoms with Crippen molar-refractivity contribution in [3.8, 4) is 5.75 Å². The van der Waals surface area contributed by atoms with Crippen LogP contribution in [0.15, 0.2) is 65.5 Å². The molecule has 0 N–H and O–H groups in total. The van der Waals surface area contributed by atoms with Crippen molar-refractivity contribution in [3.63, 3.8) is 0 Å². The van der Waals surface area contributed by atoms with E-state index in [2.05, 4.69) is 17.2 Å². The monoisotopic (exact) mass is 361 g/mol. The second-order valence-electron chi connectivity index (χ2n) is 7.61. The van der Waals surface area contributed by atoms with Gasteiger partial charge in [-0.15, -0.1) is 0 Å². The maximum Gasteiger partial charge on any atom is 0.346 e. The van der Waals surface area contributed by atoms with Gasteiger partial charge in [0.1, 0.15) is 11.6 Å². The SMILES string of the molecule is O=c1n(CC2CC(Oc3ccccc3)C2)nc2n1[C@H](c1ccccc1)CC2. The third kappa shape index (κ3) is 3.07. The van der Waals surface area contributed by atoms with Crippen LogP contribution < -0.4 is 10.4 Å². The van der Waals surface area contributed by atoms with E-state index in [0.29, 0.717) is 12.5 Å². The zero-order valence-electron chi connectivity index (χ0n) is 15.2. The first-order valence-corrected chi connectivity index (χ1v) is 9.73. The maximum absolute atomic E-state index is 12.9. The van der Waals surface area contributed by atoms with Gasteiger partial charge in [-0.2, -0.15) is 5.10 Å². The summed E-state index contributed by atoms with van der Waals surface area (Å²) in [7, 11) is 0. The molecule has 1 aliphatic carbocycles. The van der Waals surface area contributed by atoms with Crippen molar-refractivity contribution in [1.82, 2.24) is 14.3 Å². The van der Waals surface area contributed by atoms with E-state index in [9.17, 15) is 4.79 Å². The summed E-state index contributed by atoms with van der Waals surface area (Å²) in [5, 5.41) is 4.62. The quantitative estimate of drug-likeness (QED) is 0.699. The second kappa shape index (κ2) is 6.72. The number of aryl methyl sites for hydroxylation is 1. The summed E-state index contributed by atoms with van der Waals surface area (Å²) in [6.07, 6.45) is 4.03. The molecular weight excluding hydrogens is 338 g/mol. The fourth-order valence-corrected chi connectivity index (χ4v) is 4.31. The summed E-state index contributed by atoms with van der Waals surface area (Å²) in [6.45, 7) is 0.689. The lowest BCUT2D eigenvalue weighted by Crippen LogP contribution is -2.38. The number of aromatic nitrogens is 3. The second-order valence-corrected chi connectivity index (χ2v) is 7.61. The number of para-hydroxylation sites is 1. The molecule has 0 unspecified atom stereocenters. The van der Waals surface area contributed by atoms with Crippen LogP contribution in [0.25, 0.3) is 0 Å². The third-order valence-corrected chi connectivity index (χ3v) is 5.75. The minimum atomic E-state index is 0.0313. The summed E-state index contributed by atoms with van der Waals surface area (Å²) in [5.41, 5.74) is 1.22. The molecule has 5 nitrogen and oxygen atoms in total. The minimum absolute atomic E-state index is 0.0313. The normalized spacial score (nSPS) is 23.6. The Morgan fingerprint density at radius 1 is 1.00 bits per heavy atom. The van der Waals surface area contributed by atoms with Gasteiger partial charge < -0.3 is 4.74 Å². The van der Waals surface area contributed by atoms with Crippen molar-refractivity contribution >= 4 is 0 Å². The number of hydrogen-bond acceptors (Lipinski definition) is 3. The first-order valence-electron chi connectivity index (χ1n) is 9.73. The standard InChI is InChI=1S/C22H23N3O2/c26-22-24(15-16-13-19(14-16)27-18-9-5-2-6-10-18)23-21-12-11-20(25(21)22)17-7-3-1-4-8-17/h1-10,16,19-20H,11-15H2/t16?,19?,20-/m0/s1. The van der Waals surface area contributed by atoms with E-state index in [1.807, 2.05) is 53.1 Å². The van der Waals surface area contributed by atoms with Crippen molar-refractivity contribution in [2.75, 3.05) is 0 Å². The van der Waals surface area contributed by atoms with Crippen LogP contribution in [0, 0.1) is 5.92 Å². The Morgan fingerprint density at radius 2 is 1.70 bits per heavy atom. The molecule has 1 aromatic heterocycles. The summed E-state index contributed by atoms with van der Waals surface area (Å²) < 4.78 is 9.54. The van der Waals surface area contributed by atoms with Crippen LogP contribution in [-0.2, 0) is 13.0 Å². The molecule has 2 aromatic carbocycles. The fourth-order valence-electron chi connectivity index (χ4n) is 4.31. The van der Waals surface area contributed by atoms with E-state index in [0.717, 1.165) is 37.3 Å². The Labute approximate surface area is 158 Å². The molecule has 0 bridgehead atoms. The molecule has 3 aromatic rings. The van der Waals surface area contributed by atoms with Gasteiger partial charge in [-0.3, -0.25) is 4.57 Å². The van der Waals surface area contributed by atoms with Crippen LogP contribution >= 0.6 is 0 Å². The largest absolute Gasteiger partial charge is 0.490 e. The number of fused-ring (bicyclic) bond motifs is 1. The van der Waals surface area contributed by atoms with Gasteiger partial charge in [-0.1, -0.05) is 48.5 Å². The smallest absolute Gasteiger partial charge is 0.346 e. The van der Waals surface area contributed by atoms with Gasteiger partial charge >= 0.3 is 5.69 Å². The van der Waals surface area contributed by atoms with Crippen LogP contribution in [0.5, 0.6) is 5.75 Å². The fraction of sp³-hybridized carbons (Fsp3) is 0.364. The molecule has 1 aliphatic heterocycles. The van der Waals surface area contributed by atoms with Crippen LogP contribution in [0.1, 0.15) is 36.7 Å². The van der Waals surface area contributed by atoms with Gasteiger partial charge in [0.2, 0.25) is 0 Å². The van der Waals surface area contributed by atoms with Gasteiger partial charge in [-0.25, -0.2) is 9.48 Å². The number of nitrogens with zero attached hydrogens (tertiary/aromatic N) is 3. The lowest BCUT2D eigenvalue weighted by molar-refractivity contribution is 0.0537. The van der Waals surface area contributed by atoms with Crippen LogP contribution in [0.4, 0.5) is 0 Å². The molecular formula is C22H23N3O2. The van der Waals surface area contributed by atoms with E-state index in [1.54, 1.807) is 4.68 Å². The number of rotatable bonds is 5. The van der Waals surface area contributed by atoms with Crippen molar-refractivity contribution in [2.24, 2.45) is 5.92 Å². The Bertz CT molecular complexity index is 972. The molecule has 0 radical (unpaired) electrons. The van der Waals surface area contributed by atoms with Crippen LogP contribution in [-0.4, -0.2) is 20.5 Å². The molecule has 1 atom stereocenters. The molecule has 1 fully saturated rings. The number of benzene rings is 2. The maximum atomic E-state index is 12.9. The highest BCUT2D eigenvalue weighted by molar-refractivity contribution is 5.23. The van der Waals surface area contributed by atoms with Gasteiger partial charge in [0.05, 0.1) is 12.1 Å². The highest BCUT2D eigenvalue weighted by Gasteiger charge is 2.34. The average Bonchev–Trinajstić information content (AvgIpc) is 3.22. The highest BCUT2D eigenvalue weighted by Crippen LogP contribution is 2.33. The molecule has 2 aliphatic rings. The summed E-state index contributed by atoms with van der Waals surface area (Å²) >= 11 is 0. The van der Waals surface area contributed by atoms with Gasteiger partial charge in [0.25, 0.3) is 0 Å². The van der Waals surface area contributed by atoms with Gasteiger partial charge in [-0.05, 0) is 42.9 Å². The van der Waals surface area contributed by atoms with E-state index >= 15 is 0 Å². The van der Waals surface area contributed by atoms with Crippen molar-refractivity contribution in [2.45, 2.75) is 44.4 Å². The average molecular weight is 361 g/mol. The lowest BCUT2D eigenvalue weighted by Gasteiger charge is -2.35. The first kappa shape index (κ1) is 16.4. The molecule has 5 heteroatoms. The van der Waals surface area contributed by atoms with Crippen molar-refractivity contribution in [3.05, 3.63) is 82.5 Å². The zero-order valence-corrected chi connectivity index (χ0v) is 15.2. The van der Waals surface area contributed by atoms with E-state index in [1.165, 1.54) is 5.56 Å². The van der Waals surface area contributed by atoms with Gasteiger partial charge in [0, 0.05) is 13.0 Å². The van der Waals surface area contributed by atoms with Crippen molar-refractivity contribution in [1.29, 1.82) is 0 Å². The third-order valence-electron chi connectivity index (χ3n) is 5.75. The number of hydrogen-bond donors (Lipinski definition) is 0. The number of ether oxygens (including phenoxy) is 1. The molecule has 0 spiro atoms. The molecule has 2 heterocycles. The van der Waals surface area contributed by atoms with Crippen LogP contribution in [0.2, 0.25) is 0 Å².